The van der Waals surface area contributed by atoms with Gasteiger partial charge in [0, 0.05) is 12.2 Å². The highest BCUT2D eigenvalue weighted by atomic mass is 32.2. The minimum Gasteiger partial charge on any atom is -0.355 e. The zero-order valence-corrected chi connectivity index (χ0v) is 15.8. The van der Waals surface area contributed by atoms with Crippen LogP contribution in [0.4, 0.5) is 10.8 Å². The average molecular weight is 365 g/mol. The van der Waals surface area contributed by atoms with Crippen molar-refractivity contribution >= 4 is 39.8 Å². The summed E-state index contributed by atoms with van der Waals surface area (Å²) in [7, 11) is 0. The topological polar surface area (TPSA) is 66.9 Å². The fourth-order valence-corrected chi connectivity index (χ4v) is 3.70. The molecule has 2 aromatic rings. The molecular formula is C17H24N4OS2. The Bertz CT molecular complexity index is 645. The number of nitrogens with zero attached hydrogens (tertiary/aromatic N) is 2. The summed E-state index contributed by atoms with van der Waals surface area (Å²) >= 11 is 2.89. The van der Waals surface area contributed by atoms with Gasteiger partial charge in [0.05, 0.1) is 5.75 Å². The first-order chi connectivity index (χ1) is 11.7. The molecule has 1 heterocycles. The number of anilines is 2. The molecule has 0 bridgehead atoms. The number of benzene rings is 1. The number of rotatable bonds is 10. The molecule has 0 saturated carbocycles. The second-order valence-corrected chi connectivity index (χ2v) is 7.71. The van der Waals surface area contributed by atoms with E-state index in [0.717, 1.165) is 33.7 Å². The fourth-order valence-electron chi connectivity index (χ4n) is 2.10. The lowest BCUT2D eigenvalue weighted by Crippen LogP contribution is -2.26. The van der Waals surface area contributed by atoms with E-state index in [9.17, 15) is 4.79 Å². The lowest BCUT2D eigenvalue weighted by Gasteiger charge is -2.04. The van der Waals surface area contributed by atoms with E-state index in [-0.39, 0.29) is 5.91 Å². The Morgan fingerprint density at radius 2 is 2.04 bits per heavy atom. The van der Waals surface area contributed by atoms with Crippen LogP contribution in [0.2, 0.25) is 0 Å². The monoisotopic (exact) mass is 364 g/mol. The Kier molecular flexibility index (Phi) is 8.04. The van der Waals surface area contributed by atoms with Crippen molar-refractivity contribution in [2.24, 2.45) is 0 Å². The summed E-state index contributed by atoms with van der Waals surface area (Å²) in [5, 5.41) is 15.2. The van der Waals surface area contributed by atoms with E-state index in [1.165, 1.54) is 42.4 Å². The molecule has 1 aromatic carbocycles. The van der Waals surface area contributed by atoms with Crippen molar-refractivity contribution in [1.82, 2.24) is 15.5 Å². The first-order valence-corrected chi connectivity index (χ1v) is 10.0. The van der Waals surface area contributed by atoms with Crippen molar-refractivity contribution in [3.63, 3.8) is 0 Å². The number of aromatic nitrogens is 2. The minimum atomic E-state index is 0.0557. The highest BCUT2D eigenvalue weighted by molar-refractivity contribution is 8.01. The van der Waals surface area contributed by atoms with Crippen LogP contribution in [0, 0.1) is 6.92 Å². The SMILES string of the molecule is CCCCCCNC(=O)CSc1nnc(Nc2ccccc2C)s1. The van der Waals surface area contributed by atoms with Gasteiger partial charge in [-0.25, -0.2) is 0 Å². The van der Waals surface area contributed by atoms with E-state index in [4.69, 9.17) is 0 Å². The Balaban J connectivity index is 1.72. The number of carbonyl (C=O) groups excluding carboxylic acids is 1. The standard InChI is InChI=1S/C17H24N4OS2/c1-3-4-5-8-11-18-15(22)12-23-17-21-20-16(24-17)19-14-10-7-6-9-13(14)2/h6-7,9-10H,3-5,8,11-12H2,1-2H3,(H,18,22)(H,19,20). The van der Waals surface area contributed by atoms with Crippen LogP contribution in [0.15, 0.2) is 28.6 Å². The van der Waals surface area contributed by atoms with Gasteiger partial charge < -0.3 is 10.6 Å². The second-order valence-electron chi connectivity index (χ2n) is 5.51. The molecule has 0 saturated heterocycles. The predicted octanol–water partition coefficient (Wildman–Crippen LogP) is 4.38. The van der Waals surface area contributed by atoms with Crippen LogP contribution in [-0.2, 0) is 4.79 Å². The summed E-state index contributed by atoms with van der Waals surface area (Å²) in [5.41, 5.74) is 2.18. The third-order valence-electron chi connectivity index (χ3n) is 3.47. The van der Waals surface area contributed by atoms with E-state index in [0.29, 0.717) is 5.75 Å². The summed E-state index contributed by atoms with van der Waals surface area (Å²) in [6.45, 7) is 4.99. The van der Waals surface area contributed by atoms with Crippen molar-refractivity contribution in [1.29, 1.82) is 0 Å². The molecule has 130 valence electrons. The van der Waals surface area contributed by atoms with Gasteiger partial charge in [0.25, 0.3) is 0 Å². The van der Waals surface area contributed by atoms with Gasteiger partial charge in [0.2, 0.25) is 11.0 Å². The number of aryl methyl sites for hydroxylation is 1. The van der Waals surface area contributed by atoms with Gasteiger partial charge in [-0.15, -0.1) is 10.2 Å². The molecule has 1 amide bonds. The summed E-state index contributed by atoms with van der Waals surface area (Å²) < 4.78 is 0.798. The fraction of sp³-hybridized carbons (Fsp3) is 0.471. The summed E-state index contributed by atoms with van der Waals surface area (Å²) in [4.78, 5) is 11.8. The van der Waals surface area contributed by atoms with Crippen molar-refractivity contribution in [2.45, 2.75) is 43.9 Å². The third kappa shape index (κ3) is 6.49. The lowest BCUT2D eigenvalue weighted by atomic mass is 10.2. The van der Waals surface area contributed by atoms with Crippen LogP contribution in [0.1, 0.15) is 38.2 Å². The largest absolute Gasteiger partial charge is 0.355 e. The summed E-state index contributed by atoms with van der Waals surface area (Å²) in [6.07, 6.45) is 4.66. The molecule has 0 unspecified atom stereocenters. The van der Waals surface area contributed by atoms with E-state index in [1.807, 2.05) is 31.2 Å². The Morgan fingerprint density at radius 1 is 1.21 bits per heavy atom. The highest BCUT2D eigenvalue weighted by Gasteiger charge is 2.08. The molecule has 5 nitrogen and oxygen atoms in total. The molecule has 0 atom stereocenters. The molecule has 2 N–H and O–H groups in total. The maximum absolute atomic E-state index is 11.8. The summed E-state index contributed by atoms with van der Waals surface area (Å²) in [6, 6.07) is 8.04. The van der Waals surface area contributed by atoms with Gasteiger partial charge in [-0.3, -0.25) is 4.79 Å². The number of hydrogen-bond acceptors (Lipinski definition) is 6. The number of para-hydroxylation sites is 1. The van der Waals surface area contributed by atoms with Gasteiger partial charge in [-0.05, 0) is 25.0 Å². The van der Waals surface area contributed by atoms with Crippen LogP contribution in [-0.4, -0.2) is 28.4 Å². The maximum Gasteiger partial charge on any atom is 0.230 e. The van der Waals surface area contributed by atoms with Crippen molar-refractivity contribution in [3.8, 4) is 0 Å². The van der Waals surface area contributed by atoms with E-state index in [2.05, 4.69) is 27.8 Å². The first kappa shape index (κ1) is 18.7. The molecule has 0 aliphatic rings. The van der Waals surface area contributed by atoms with E-state index < -0.39 is 0 Å². The van der Waals surface area contributed by atoms with Crippen molar-refractivity contribution in [2.75, 3.05) is 17.6 Å². The first-order valence-electron chi connectivity index (χ1n) is 8.24. The Labute approximate surface area is 151 Å². The lowest BCUT2D eigenvalue weighted by molar-refractivity contribution is -0.118. The van der Waals surface area contributed by atoms with E-state index >= 15 is 0 Å². The number of hydrogen-bond donors (Lipinski definition) is 2. The van der Waals surface area contributed by atoms with Gasteiger partial charge in [0.1, 0.15) is 0 Å². The van der Waals surface area contributed by atoms with Crippen molar-refractivity contribution in [3.05, 3.63) is 29.8 Å². The van der Waals surface area contributed by atoms with Crippen LogP contribution in [0.25, 0.3) is 0 Å². The van der Waals surface area contributed by atoms with Gasteiger partial charge >= 0.3 is 0 Å². The average Bonchev–Trinajstić information content (AvgIpc) is 3.02. The molecule has 0 fully saturated rings. The second kappa shape index (κ2) is 10.3. The van der Waals surface area contributed by atoms with Crippen LogP contribution >= 0.6 is 23.1 Å². The van der Waals surface area contributed by atoms with Gasteiger partial charge in [0.15, 0.2) is 4.34 Å². The van der Waals surface area contributed by atoms with Gasteiger partial charge in [-0.2, -0.15) is 0 Å². The molecule has 2 rings (SSSR count). The number of carbonyl (C=O) groups is 1. The minimum absolute atomic E-state index is 0.0557. The summed E-state index contributed by atoms with van der Waals surface area (Å²) in [5.74, 6) is 0.437. The zero-order valence-electron chi connectivity index (χ0n) is 14.2. The Morgan fingerprint density at radius 3 is 2.83 bits per heavy atom. The van der Waals surface area contributed by atoms with Crippen LogP contribution in [0.3, 0.4) is 0 Å². The maximum atomic E-state index is 11.8. The highest BCUT2D eigenvalue weighted by Crippen LogP contribution is 2.28. The molecule has 0 spiro atoms. The van der Waals surface area contributed by atoms with Crippen LogP contribution < -0.4 is 10.6 Å². The molecule has 0 radical (unpaired) electrons. The molecule has 24 heavy (non-hydrogen) atoms. The normalized spacial score (nSPS) is 10.6. The predicted molar refractivity (Wildman–Crippen MR) is 102 cm³/mol. The van der Waals surface area contributed by atoms with Gasteiger partial charge in [-0.1, -0.05) is 67.5 Å². The molecule has 0 aliphatic heterocycles. The van der Waals surface area contributed by atoms with Crippen molar-refractivity contribution < 1.29 is 4.79 Å². The third-order valence-corrected chi connectivity index (χ3v) is 5.44. The number of thioether (sulfide) groups is 1. The molecule has 7 heteroatoms. The molecular weight excluding hydrogens is 340 g/mol. The quantitative estimate of drug-likeness (QED) is 0.484. The smallest absolute Gasteiger partial charge is 0.230 e. The van der Waals surface area contributed by atoms with Crippen LogP contribution in [0.5, 0.6) is 0 Å². The number of unbranched alkanes of at least 4 members (excludes halogenated alkanes) is 3. The molecule has 1 aromatic heterocycles. The molecule has 0 aliphatic carbocycles. The number of nitrogens with one attached hydrogen (secondary N) is 2. The van der Waals surface area contributed by atoms with E-state index in [1.54, 1.807) is 0 Å². The Hall–Kier alpha value is -1.60. The zero-order chi connectivity index (χ0) is 17.2. The number of amides is 1.